The van der Waals surface area contributed by atoms with Gasteiger partial charge in [0.05, 0.1) is 5.41 Å². The summed E-state index contributed by atoms with van der Waals surface area (Å²) in [5.74, 6) is 1.26. The summed E-state index contributed by atoms with van der Waals surface area (Å²) >= 11 is 0. The Hall–Kier alpha value is -1.40. The van der Waals surface area contributed by atoms with Crippen molar-refractivity contribution in [1.29, 1.82) is 0 Å². The Balaban J connectivity index is 1.74. The van der Waals surface area contributed by atoms with Crippen molar-refractivity contribution in [2.75, 3.05) is 25.1 Å². The van der Waals surface area contributed by atoms with Gasteiger partial charge in [0.1, 0.15) is 0 Å². The van der Waals surface area contributed by atoms with Crippen LogP contribution in [0.4, 0.5) is 5.82 Å². The molecule has 0 unspecified atom stereocenters. The van der Waals surface area contributed by atoms with Crippen LogP contribution >= 0.6 is 0 Å². The third kappa shape index (κ3) is 2.82. The first-order chi connectivity index (χ1) is 10.2. The normalized spacial score (nSPS) is 21.2. The Labute approximate surface area is 125 Å². The van der Waals surface area contributed by atoms with Gasteiger partial charge in [0.25, 0.3) is 0 Å². The Kier molecular flexibility index (Phi) is 3.99. The molecule has 2 fully saturated rings. The number of hydrogen-bond donors (Lipinski definition) is 2. The molecule has 2 aliphatic rings. The van der Waals surface area contributed by atoms with Crippen LogP contribution in [-0.4, -0.2) is 35.4 Å². The fourth-order valence-corrected chi connectivity index (χ4v) is 2.99. The van der Waals surface area contributed by atoms with E-state index in [1.807, 2.05) is 10.7 Å². The van der Waals surface area contributed by atoms with Gasteiger partial charge in [-0.15, -0.1) is 0 Å². The second-order valence-corrected chi connectivity index (χ2v) is 6.10. The molecule has 1 aliphatic heterocycles. The molecular formula is C15H24N4O2. The number of anilines is 1. The van der Waals surface area contributed by atoms with E-state index in [2.05, 4.69) is 17.3 Å². The van der Waals surface area contributed by atoms with E-state index in [4.69, 9.17) is 10.5 Å². The summed E-state index contributed by atoms with van der Waals surface area (Å²) < 4.78 is 7.34. The average molecular weight is 292 g/mol. The number of nitrogens with two attached hydrogens (primary N) is 1. The fourth-order valence-electron chi connectivity index (χ4n) is 2.99. The number of aryl methyl sites for hydroxylation is 1. The summed E-state index contributed by atoms with van der Waals surface area (Å²) in [5, 5.41) is 7.48. The molecule has 3 rings (SSSR count). The number of hydrogen-bond acceptors (Lipinski definition) is 4. The summed E-state index contributed by atoms with van der Waals surface area (Å²) in [6, 6.07) is 2.02. The molecule has 21 heavy (non-hydrogen) atoms. The molecule has 0 radical (unpaired) electrons. The van der Waals surface area contributed by atoms with Crippen molar-refractivity contribution in [2.24, 2.45) is 11.1 Å². The summed E-state index contributed by atoms with van der Waals surface area (Å²) in [7, 11) is 0. The summed E-state index contributed by atoms with van der Waals surface area (Å²) in [6.07, 6.45) is 3.81. The van der Waals surface area contributed by atoms with Crippen molar-refractivity contribution in [3.05, 3.63) is 11.8 Å². The van der Waals surface area contributed by atoms with Crippen LogP contribution in [0.1, 0.15) is 44.2 Å². The number of carbonyl (C=O) groups excluding carboxylic acids is 1. The average Bonchev–Trinajstić information content (AvgIpc) is 3.29. The Morgan fingerprint density at radius 2 is 2.24 bits per heavy atom. The van der Waals surface area contributed by atoms with Gasteiger partial charge in [-0.05, 0) is 32.6 Å². The highest BCUT2D eigenvalue weighted by atomic mass is 16.5. The predicted octanol–water partition coefficient (Wildman–Crippen LogP) is 1.47. The highest BCUT2D eigenvalue weighted by Gasteiger charge is 2.39. The number of ether oxygens (including phenoxy) is 1. The van der Waals surface area contributed by atoms with E-state index in [0.29, 0.717) is 44.3 Å². The minimum atomic E-state index is -0.506. The standard InChI is InChI=1S/C15H24N4O2/c1-2-19-12(11-3-4-11)9-13(18-19)17-14(20)15(10-16)5-7-21-8-6-15/h9,11H,2-8,10,16H2,1H3,(H,17,18,20). The minimum Gasteiger partial charge on any atom is -0.381 e. The molecule has 6 heteroatoms. The molecule has 1 saturated carbocycles. The molecule has 0 aromatic carbocycles. The molecule has 1 amide bonds. The van der Waals surface area contributed by atoms with E-state index >= 15 is 0 Å². The second-order valence-electron chi connectivity index (χ2n) is 6.10. The van der Waals surface area contributed by atoms with Gasteiger partial charge in [0.2, 0.25) is 5.91 Å². The maximum atomic E-state index is 12.6. The molecule has 1 aromatic rings. The monoisotopic (exact) mass is 292 g/mol. The first-order valence-electron chi connectivity index (χ1n) is 7.85. The Bertz CT molecular complexity index is 516. The van der Waals surface area contributed by atoms with Gasteiger partial charge in [-0.2, -0.15) is 5.10 Å². The SMILES string of the molecule is CCn1nc(NC(=O)C2(CN)CCOCC2)cc1C1CC1. The molecule has 116 valence electrons. The van der Waals surface area contributed by atoms with Gasteiger partial charge < -0.3 is 15.8 Å². The Morgan fingerprint density at radius 1 is 1.52 bits per heavy atom. The topological polar surface area (TPSA) is 82.2 Å². The summed E-state index contributed by atoms with van der Waals surface area (Å²) in [5.41, 5.74) is 6.60. The number of carbonyl (C=O) groups is 1. The van der Waals surface area contributed by atoms with Crippen molar-refractivity contribution in [3.63, 3.8) is 0 Å². The molecule has 1 aliphatic carbocycles. The van der Waals surface area contributed by atoms with Crippen LogP contribution in [0.5, 0.6) is 0 Å². The van der Waals surface area contributed by atoms with Crippen LogP contribution in [0, 0.1) is 5.41 Å². The summed E-state index contributed by atoms with van der Waals surface area (Å²) in [6.45, 7) is 4.46. The third-order valence-corrected chi connectivity index (χ3v) is 4.67. The molecule has 0 spiro atoms. The van der Waals surface area contributed by atoms with Crippen molar-refractivity contribution in [1.82, 2.24) is 9.78 Å². The van der Waals surface area contributed by atoms with Crippen LogP contribution in [0.3, 0.4) is 0 Å². The number of aromatic nitrogens is 2. The van der Waals surface area contributed by atoms with E-state index in [1.54, 1.807) is 0 Å². The van der Waals surface area contributed by atoms with E-state index in [9.17, 15) is 4.79 Å². The molecular weight excluding hydrogens is 268 g/mol. The van der Waals surface area contributed by atoms with Crippen LogP contribution in [0.2, 0.25) is 0 Å². The Morgan fingerprint density at radius 3 is 2.81 bits per heavy atom. The maximum Gasteiger partial charge on any atom is 0.233 e. The maximum absolute atomic E-state index is 12.6. The zero-order valence-electron chi connectivity index (χ0n) is 12.6. The zero-order valence-corrected chi connectivity index (χ0v) is 12.6. The predicted molar refractivity (Wildman–Crippen MR) is 80.0 cm³/mol. The van der Waals surface area contributed by atoms with Crippen molar-refractivity contribution < 1.29 is 9.53 Å². The van der Waals surface area contributed by atoms with Crippen molar-refractivity contribution in [3.8, 4) is 0 Å². The lowest BCUT2D eigenvalue weighted by Crippen LogP contribution is -2.46. The van der Waals surface area contributed by atoms with Crippen LogP contribution in [0.15, 0.2) is 6.07 Å². The second kappa shape index (κ2) is 5.77. The third-order valence-electron chi connectivity index (χ3n) is 4.67. The van der Waals surface area contributed by atoms with Gasteiger partial charge in [0.15, 0.2) is 5.82 Å². The van der Waals surface area contributed by atoms with Gasteiger partial charge in [-0.1, -0.05) is 0 Å². The molecule has 0 atom stereocenters. The van der Waals surface area contributed by atoms with E-state index in [0.717, 1.165) is 6.54 Å². The van der Waals surface area contributed by atoms with E-state index in [1.165, 1.54) is 18.5 Å². The highest BCUT2D eigenvalue weighted by molar-refractivity contribution is 5.94. The van der Waals surface area contributed by atoms with Crippen LogP contribution in [-0.2, 0) is 16.1 Å². The number of nitrogens with one attached hydrogen (secondary N) is 1. The highest BCUT2D eigenvalue weighted by Crippen LogP contribution is 2.41. The number of amides is 1. The largest absolute Gasteiger partial charge is 0.381 e. The van der Waals surface area contributed by atoms with Gasteiger partial charge in [-0.3, -0.25) is 9.48 Å². The fraction of sp³-hybridized carbons (Fsp3) is 0.733. The van der Waals surface area contributed by atoms with Crippen molar-refractivity contribution >= 4 is 11.7 Å². The quantitative estimate of drug-likeness (QED) is 0.861. The number of nitrogens with zero attached hydrogens (tertiary/aromatic N) is 2. The van der Waals surface area contributed by atoms with Gasteiger partial charge >= 0.3 is 0 Å². The van der Waals surface area contributed by atoms with Gasteiger partial charge in [-0.25, -0.2) is 0 Å². The lowest BCUT2D eigenvalue weighted by Gasteiger charge is -2.34. The minimum absolute atomic E-state index is 0.0172. The van der Waals surface area contributed by atoms with Crippen LogP contribution < -0.4 is 11.1 Å². The lowest BCUT2D eigenvalue weighted by atomic mass is 9.79. The molecule has 0 bridgehead atoms. The first-order valence-corrected chi connectivity index (χ1v) is 7.85. The molecule has 1 saturated heterocycles. The number of rotatable bonds is 5. The van der Waals surface area contributed by atoms with Gasteiger partial charge in [0, 0.05) is 44.0 Å². The molecule has 1 aromatic heterocycles. The zero-order chi connectivity index (χ0) is 14.9. The van der Waals surface area contributed by atoms with Crippen molar-refractivity contribution in [2.45, 2.75) is 45.1 Å². The smallest absolute Gasteiger partial charge is 0.233 e. The van der Waals surface area contributed by atoms with Crippen LogP contribution in [0.25, 0.3) is 0 Å². The molecule has 2 heterocycles. The summed E-state index contributed by atoms with van der Waals surface area (Å²) in [4.78, 5) is 12.6. The van der Waals surface area contributed by atoms with E-state index < -0.39 is 5.41 Å². The first kappa shape index (κ1) is 14.5. The molecule has 6 nitrogen and oxygen atoms in total. The molecule has 3 N–H and O–H groups in total. The lowest BCUT2D eigenvalue weighted by molar-refractivity contribution is -0.130. The van der Waals surface area contributed by atoms with E-state index in [-0.39, 0.29) is 5.91 Å².